The van der Waals surface area contributed by atoms with Crippen LogP contribution in [0.3, 0.4) is 0 Å². The van der Waals surface area contributed by atoms with E-state index in [4.69, 9.17) is 5.11 Å². The molecule has 1 N–H and O–H groups in total. The van der Waals surface area contributed by atoms with Crippen molar-refractivity contribution in [3.63, 3.8) is 0 Å². The fourth-order valence-corrected chi connectivity index (χ4v) is 2.76. The van der Waals surface area contributed by atoms with Gasteiger partial charge in [0.25, 0.3) is 0 Å². The maximum absolute atomic E-state index is 8.93. The maximum atomic E-state index is 8.93. The number of thiazole rings is 1. The first-order valence-electron chi connectivity index (χ1n) is 5.91. The van der Waals surface area contributed by atoms with E-state index in [0.29, 0.717) is 6.42 Å². The van der Waals surface area contributed by atoms with Crippen LogP contribution in [0.2, 0.25) is 0 Å². The third-order valence-corrected chi connectivity index (χ3v) is 3.83. The van der Waals surface area contributed by atoms with Crippen LogP contribution in [0.4, 0.5) is 0 Å². The van der Waals surface area contributed by atoms with Crippen LogP contribution in [0.15, 0.2) is 24.3 Å². The van der Waals surface area contributed by atoms with E-state index in [9.17, 15) is 0 Å². The van der Waals surface area contributed by atoms with Gasteiger partial charge in [-0.3, -0.25) is 0 Å². The Hall–Kier alpha value is -1.19. The molecule has 17 heavy (non-hydrogen) atoms. The molecule has 1 heterocycles. The van der Waals surface area contributed by atoms with Gasteiger partial charge in [0.05, 0.1) is 10.7 Å². The van der Waals surface area contributed by atoms with Gasteiger partial charge in [-0.1, -0.05) is 31.2 Å². The predicted molar refractivity (Wildman–Crippen MR) is 72.5 cm³/mol. The van der Waals surface area contributed by atoms with E-state index in [1.807, 2.05) is 0 Å². The molecule has 0 saturated heterocycles. The summed E-state index contributed by atoms with van der Waals surface area (Å²) in [6, 6.07) is 8.56. The summed E-state index contributed by atoms with van der Waals surface area (Å²) in [5, 5.41) is 9.94. The van der Waals surface area contributed by atoms with Crippen LogP contribution in [0, 0.1) is 6.92 Å². The van der Waals surface area contributed by atoms with Crippen molar-refractivity contribution in [3.05, 3.63) is 39.7 Å². The molecule has 0 radical (unpaired) electrons. The molecule has 1 aromatic carbocycles. The number of hydrogen-bond donors (Lipinski definition) is 1. The second-order valence-electron chi connectivity index (χ2n) is 4.04. The lowest BCUT2D eigenvalue weighted by molar-refractivity contribution is 0.299. The van der Waals surface area contributed by atoms with Gasteiger partial charge in [-0.05, 0) is 18.9 Å². The van der Waals surface area contributed by atoms with Crippen molar-refractivity contribution in [1.29, 1.82) is 0 Å². The van der Waals surface area contributed by atoms with Crippen LogP contribution in [0.5, 0.6) is 0 Å². The molecular weight excluding hydrogens is 230 g/mol. The number of aliphatic hydroxyl groups excluding tert-OH is 1. The van der Waals surface area contributed by atoms with Crippen molar-refractivity contribution in [1.82, 2.24) is 4.98 Å². The van der Waals surface area contributed by atoms with Crippen LogP contribution in [-0.4, -0.2) is 16.7 Å². The Balaban J connectivity index is 2.31. The molecule has 2 rings (SSSR count). The van der Waals surface area contributed by atoms with Gasteiger partial charge >= 0.3 is 0 Å². The van der Waals surface area contributed by atoms with Gasteiger partial charge in [0, 0.05) is 23.5 Å². The summed E-state index contributed by atoms with van der Waals surface area (Å²) in [6.07, 6.45) is 1.71. The number of aliphatic hydroxyl groups is 1. The molecule has 1 aromatic heterocycles. The normalized spacial score (nSPS) is 10.8. The van der Waals surface area contributed by atoms with Gasteiger partial charge in [0.1, 0.15) is 0 Å². The summed E-state index contributed by atoms with van der Waals surface area (Å²) < 4.78 is 0. The smallest absolute Gasteiger partial charge is 0.0958 e. The molecule has 0 fully saturated rings. The summed E-state index contributed by atoms with van der Waals surface area (Å²) >= 11 is 1.67. The molecule has 3 heteroatoms. The molecule has 0 bridgehead atoms. The molecule has 0 saturated carbocycles. The highest BCUT2D eigenvalue weighted by molar-refractivity contribution is 7.12. The quantitative estimate of drug-likeness (QED) is 0.900. The van der Waals surface area contributed by atoms with Crippen LogP contribution in [-0.2, 0) is 12.8 Å². The van der Waals surface area contributed by atoms with E-state index in [1.54, 1.807) is 11.3 Å². The van der Waals surface area contributed by atoms with Gasteiger partial charge in [-0.2, -0.15) is 0 Å². The SMILES string of the molecule is CCc1ccc(-c2nc(CCO)sc2C)cc1. The van der Waals surface area contributed by atoms with E-state index in [1.165, 1.54) is 16.0 Å². The maximum Gasteiger partial charge on any atom is 0.0958 e. The van der Waals surface area contributed by atoms with Crippen molar-refractivity contribution < 1.29 is 5.11 Å². The lowest BCUT2D eigenvalue weighted by Crippen LogP contribution is -1.89. The fourth-order valence-electron chi connectivity index (χ4n) is 1.82. The van der Waals surface area contributed by atoms with Crippen LogP contribution >= 0.6 is 11.3 Å². The molecule has 2 aromatic rings. The molecule has 0 amide bonds. The predicted octanol–water partition coefficient (Wildman–Crippen LogP) is 3.22. The third-order valence-electron chi connectivity index (χ3n) is 2.80. The highest BCUT2D eigenvalue weighted by Gasteiger charge is 2.09. The van der Waals surface area contributed by atoms with Crippen molar-refractivity contribution in [2.45, 2.75) is 26.7 Å². The van der Waals surface area contributed by atoms with Gasteiger partial charge < -0.3 is 5.11 Å². The fraction of sp³-hybridized carbons (Fsp3) is 0.357. The Morgan fingerprint density at radius 2 is 1.94 bits per heavy atom. The Morgan fingerprint density at radius 1 is 1.24 bits per heavy atom. The number of rotatable bonds is 4. The van der Waals surface area contributed by atoms with Crippen LogP contribution in [0.1, 0.15) is 22.4 Å². The number of benzene rings is 1. The molecule has 0 unspecified atom stereocenters. The lowest BCUT2D eigenvalue weighted by Gasteiger charge is -2.00. The highest BCUT2D eigenvalue weighted by Crippen LogP contribution is 2.27. The average Bonchev–Trinajstić information content (AvgIpc) is 2.71. The van der Waals surface area contributed by atoms with E-state index < -0.39 is 0 Å². The van der Waals surface area contributed by atoms with E-state index in [0.717, 1.165) is 17.1 Å². The second kappa shape index (κ2) is 5.43. The van der Waals surface area contributed by atoms with Crippen LogP contribution < -0.4 is 0 Å². The molecule has 0 aliphatic rings. The van der Waals surface area contributed by atoms with Gasteiger partial charge in [0.15, 0.2) is 0 Å². The first-order chi connectivity index (χ1) is 8.24. The van der Waals surface area contributed by atoms with Crippen molar-refractivity contribution in [2.24, 2.45) is 0 Å². The number of nitrogens with zero attached hydrogens (tertiary/aromatic N) is 1. The number of aromatic nitrogens is 1. The Bertz CT molecular complexity index is 487. The summed E-state index contributed by atoms with van der Waals surface area (Å²) in [5.74, 6) is 0. The minimum atomic E-state index is 0.168. The molecule has 0 aliphatic heterocycles. The second-order valence-corrected chi connectivity index (χ2v) is 5.32. The first kappa shape index (κ1) is 12.3. The molecule has 90 valence electrons. The summed E-state index contributed by atoms with van der Waals surface area (Å²) in [4.78, 5) is 5.80. The molecular formula is C14H17NOS. The average molecular weight is 247 g/mol. The number of aryl methyl sites for hydroxylation is 2. The number of hydrogen-bond acceptors (Lipinski definition) is 3. The Kier molecular flexibility index (Phi) is 3.92. The minimum Gasteiger partial charge on any atom is -0.396 e. The van der Waals surface area contributed by atoms with Gasteiger partial charge in [-0.15, -0.1) is 11.3 Å². The monoisotopic (exact) mass is 247 g/mol. The van der Waals surface area contributed by atoms with Gasteiger partial charge in [0.2, 0.25) is 0 Å². The zero-order valence-corrected chi connectivity index (χ0v) is 11.0. The van der Waals surface area contributed by atoms with E-state index in [-0.39, 0.29) is 6.61 Å². The Morgan fingerprint density at radius 3 is 2.53 bits per heavy atom. The summed E-state index contributed by atoms with van der Waals surface area (Å²) in [5.41, 5.74) is 3.57. The molecule has 0 aliphatic carbocycles. The van der Waals surface area contributed by atoms with Crippen molar-refractivity contribution >= 4 is 11.3 Å². The molecule has 2 nitrogen and oxygen atoms in total. The third kappa shape index (κ3) is 2.73. The largest absolute Gasteiger partial charge is 0.396 e. The standard InChI is InChI=1S/C14H17NOS/c1-3-11-4-6-12(7-5-11)14-10(2)17-13(15-14)8-9-16/h4-7,16H,3,8-9H2,1-2H3. The molecule has 0 atom stereocenters. The van der Waals surface area contributed by atoms with Crippen molar-refractivity contribution in [2.75, 3.05) is 6.61 Å². The lowest BCUT2D eigenvalue weighted by atomic mass is 10.1. The minimum absolute atomic E-state index is 0.168. The van der Waals surface area contributed by atoms with Crippen molar-refractivity contribution in [3.8, 4) is 11.3 Å². The Labute approximate surface area is 106 Å². The topological polar surface area (TPSA) is 33.1 Å². The van der Waals surface area contributed by atoms with E-state index in [2.05, 4.69) is 43.1 Å². The summed E-state index contributed by atoms with van der Waals surface area (Å²) in [7, 11) is 0. The first-order valence-corrected chi connectivity index (χ1v) is 6.72. The highest BCUT2D eigenvalue weighted by atomic mass is 32.1. The zero-order valence-electron chi connectivity index (χ0n) is 10.2. The van der Waals surface area contributed by atoms with Crippen LogP contribution in [0.25, 0.3) is 11.3 Å². The summed E-state index contributed by atoms with van der Waals surface area (Å²) in [6.45, 7) is 4.41. The van der Waals surface area contributed by atoms with E-state index >= 15 is 0 Å². The molecule has 0 spiro atoms. The zero-order chi connectivity index (χ0) is 12.3. The van der Waals surface area contributed by atoms with Gasteiger partial charge in [-0.25, -0.2) is 4.98 Å².